The average Bonchev–Trinajstić information content (AvgIpc) is 2.41. The van der Waals surface area contributed by atoms with Crippen molar-refractivity contribution in [1.29, 1.82) is 0 Å². The maximum atomic E-state index is 5.88. The summed E-state index contributed by atoms with van der Waals surface area (Å²) in [6.45, 7) is 1.80. The third-order valence-electron chi connectivity index (χ3n) is 3.16. The second-order valence-corrected chi connectivity index (χ2v) is 6.17. The van der Waals surface area contributed by atoms with Gasteiger partial charge >= 0.3 is 0 Å². The Balaban J connectivity index is 1.74. The summed E-state index contributed by atoms with van der Waals surface area (Å²) in [6.07, 6.45) is 1.24. The molecule has 3 nitrogen and oxygen atoms in total. The number of ether oxygens (including phenoxy) is 3. The first-order valence-electron chi connectivity index (χ1n) is 6.31. The number of halogens is 2. The molecule has 0 amide bonds. The predicted molar refractivity (Wildman–Crippen MR) is 79.0 cm³/mol. The Bertz CT molecular complexity index is 385. The molecule has 1 aliphatic rings. The highest BCUT2D eigenvalue weighted by Gasteiger charge is 2.41. The molecular weight excluding hydrogens is 332 g/mol. The second-order valence-electron chi connectivity index (χ2n) is 4.56. The lowest BCUT2D eigenvalue weighted by molar-refractivity contribution is -0.132. The van der Waals surface area contributed by atoms with Gasteiger partial charge in [-0.1, -0.05) is 39.7 Å². The smallest absolute Gasteiger partial charge is 0.0963 e. The molecule has 1 aromatic carbocycles. The maximum Gasteiger partial charge on any atom is 0.0963 e. The van der Waals surface area contributed by atoms with E-state index in [1.807, 2.05) is 24.3 Å². The van der Waals surface area contributed by atoms with Crippen molar-refractivity contribution in [2.75, 3.05) is 20.3 Å². The summed E-state index contributed by atoms with van der Waals surface area (Å²) in [7, 11) is 1.67. The van der Waals surface area contributed by atoms with Gasteiger partial charge in [-0.05, 0) is 24.1 Å². The lowest BCUT2D eigenvalue weighted by Gasteiger charge is -2.40. The zero-order valence-corrected chi connectivity index (χ0v) is 13.2. The summed E-state index contributed by atoms with van der Waals surface area (Å²) in [5.74, 6) is 0. The highest BCUT2D eigenvalue weighted by Crippen LogP contribution is 2.33. The highest BCUT2D eigenvalue weighted by atomic mass is 79.9. The van der Waals surface area contributed by atoms with Gasteiger partial charge in [0.15, 0.2) is 0 Å². The zero-order chi connectivity index (χ0) is 13.7. The van der Waals surface area contributed by atoms with Crippen LogP contribution in [0.5, 0.6) is 0 Å². The molecule has 0 N–H and O–H groups in total. The van der Waals surface area contributed by atoms with Crippen molar-refractivity contribution in [3.63, 3.8) is 0 Å². The summed E-state index contributed by atoms with van der Waals surface area (Å²) in [6, 6.07) is 7.71. The molecule has 1 fully saturated rings. The number of alkyl halides is 1. The topological polar surface area (TPSA) is 27.7 Å². The van der Waals surface area contributed by atoms with Crippen molar-refractivity contribution in [3.8, 4) is 0 Å². The minimum absolute atomic E-state index is 0.113. The van der Waals surface area contributed by atoms with Gasteiger partial charge in [0.25, 0.3) is 0 Å². The standard InChI is InChI=1S/C14H18BrClO3/c1-17-6-7-18-14-12(15)8-13(14)19-9-10-2-4-11(16)5-3-10/h2-5,12-14H,6-9H2,1H3. The van der Waals surface area contributed by atoms with Crippen LogP contribution in [-0.4, -0.2) is 37.4 Å². The Kier molecular flexibility index (Phi) is 6.10. The van der Waals surface area contributed by atoms with Crippen LogP contribution in [0.25, 0.3) is 0 Å². The van der Waals surface area contributed by atoms with Crippen molar-refractivity contribution in [2.24, 2.45) is 0 Å². The van der Waals surface area contributed by atoms with Crippen LogP contribution in [0, 0.1) is 0 Å². The lowest BCUT2D eigenvalue weighted by Crippen LogP contribution is -2.51. The molecular formula is C14H18BrClO3. The summed E-state index contributed by atoms with van der Waals surface area (Å²) < 4.78 is 16.6. The first-order valence-corrected chi connectivity index (χ1v) is 7.60. The Morgan fingerprint density at radius 2 is 1.95 bits per heavy atom. The summed E-state index contributed by atoms with van der Waals surface area (Å²) in [5.41, 5.74) is 1.12. The summed E-state index contributed by atoms with van der Waals surface area (Å²) in [5, 5.41) is 0.744. The maximum absolute atomic E-state index is 5.88. The van der Waals surface area contributed by atoms with Crippen LogP contribution in [0.1, 0.15) is 12.0 Å². The highest BCUT2D eigenvalue weighted by molar-refractivity contribution is 9.09. The van der Waals surface area contributed by atoms with Crippen LogP contribution >= 0.6 is 27.5 Å². The minimum atomic E-state index is 0.113. The summed E-state index contributed by atoms with van der Waals surface area (Å²) >= 11 is 9.44. The molecule has 0 aromatic heterocycles. The Morgan fingerprint density at radius 3 is 2.58 bits per heavy atom. The quantitative estimate of drug-likeness (QED) is 0.557. The number of benzene rings is 1. The number of rotatable bonds is 7. The van der Waals surface area contributed by atoms with Gasteiger partial charge in [-0.25, -0.2) is 0 Å². The molecule has 3 unspecified atom stereocenters. The Hall–Kier alpha value is -0.130. The SMILES string of the molecule is COCCOC1C(Br)CC1OCc1ccc(Cl)cc1. The van der Waals surface area contributed by atoms with E-state index < -0.39 is 0 Å². The lowest BCUT2D eigenvalue weighted by atomic mass is 9.91. The fourth-order valence-electron chi connectivity index (χ4n) is 1.95. The van der Waals surface area contributed by atoms with E-state index in [9.17, 15) is 0 Å². The molecule has 0 bridgehead atoms. The first-order chi connectivity index (χ1) is 9.20. The van der Waals surface area contributed by atoms with Crippen LogP contribution in [0.3, 0.4) is 0 Å². The van der Waals surface area contributed by atoms with Gasteiger partial charge in [-0.3, -0.25) is 0 Å². The molecule has 1 saturated carbocycles. The average molecular weight is 350 g/mol. The molecule has 2 rings (SSSR count). The van der Waals surface area contributed by atoms with E-state index in [2.05, 4.69) is 15.9 Å². The van der Waals surface area contributed by atoms with Gasteiger partial charge < -0.3 is 14.2 Å². The van der Waals surface area contributed by atoms with Crippen LogP contribution in [0.4, 0.5) is 0 Å². The van der Waals surface area contributed by atoms with Crippen LogP contribution in [0.15, 0.2) is 24.3 Å². The minimum Gasteiger partial charge on any atom is -0.382 e. The van der Waals surface area contributed by atoms with Gasteiger partial charge in [0.05, 0.1) is 32.0 Å². The van der Waals surface area contributed by atoms with E-state index >= 15 is 0 Å². The van der Waals surface area contributed by atoms with E-state index in [1.165, 1.54) is 0 Å². The van der Waals surface area contributed by atoms with Gasteiger partial charge in [-0.2, -0.15) is 0 Å². The van der Waals surface area contributed by atoms with Crippen molar-refractivity contribution < 1.29 is 14.2 Å². The van der Waals surface area contributed by atoms with E-state index in [4.69, 9.17) is 25.8 Å². The van der Waals surface area contributed by atoms with Crippen molar-refractivity contribution in [3.05, 3.63) is 34.9 Å². The van der Waals surface area contributed by atoms with E-state index in [1.54, 1.807) is 7.11 Å². The van der Waals surface area contributed by atoms with Crippen LogP contribution in [0.2, 0.25) is 5.02 Å². The molecule has 0 heterocycles. The molecule has 3 atom stereocenters. The summed E-state index contributed by atoms with van der Waals surface area (Å²) in [4.78, 5) is 0.375. The normalized spacial score (nSPS) is 26.2. The second kappa shape index (κ2) is 7.60. The fraction of sp³-hybridized carbons (Fsp3) is 0.571. The van der Waals surface area contributed by atoms with Gasteiger partial charge in [-0.15, -0.1) is 0 Å². The van der Waals surface area contributed by atoms with Crippen molar-refractivity contribution in [1.82, 2.24) is 0 Å². The third kappa shape index (κ3) is 4.43. The Morgan fingerprint density at radius 1 is 1.21 bits per heavy atom. The van der Waals surface area contributed by atoms with Gasteiger partial charge in [0.2, 0.25) is 0 Å². The largest absolute Gasteiger partial charge is 0.382 e. The van der Waals surface area contributed by atoms with Crippen molar-refractivity contribution in [2.45, 2.75) is 30.1 Å². The van der Waals surface area contributed by atoms with Gasteiger partial charge in [0.1, 0.15) is 0 Å². The predicted octanol–water partition coefficient (Wildman–Crippen LogP) is 3.42. The Labute approximate surface area is 127 Å². The molecule has 0 radical (unpaired) electrons. The fourth-order valence-corrected chi connectivity index (χ4v) is 2.94. The molecule has 19 heavy (non-hydrogen) atoms. The van der Waals surface area contributed by atoms with E-state index in [0.29, 0.717) is 24.6 Å². The zero-order valence-electron chi connectivity index (χ0n) is 10.9. The molecule has 0 spiro atoms. The van der Waals surface area contributed by atoms with E-state index in [0.717, 1.165) is 17.0 Å². The molecule has 1 aromatic rings. The van der Waals surface area contributed by atoms with Crippen molar-refractivity contribution >= 4 is 27.5 Å². The first kappa shape index (κ1) is 15.3. The third-order valence-corrected chi connectivity index (χ3v) is 4.30. The molecule has 0 saturated heterocycles. The van der Waals surface area contributed by atoms with E-state index in [-0.39, 0.29) is 12.2 Å². The number of methoxy groups -OCH3 is 1. The molecule has 0 aliphatic heterocycles. The molecule has 5 heteroatoms. The molecule has 106 valence electrons. The number of hydrogen-bond acceptors (Lipinski definition) is 3. The van der Waals surface area contributed by atoms with Crippen LogP contribution in [-0.2, 0) is 20.8 Å². The number of hydrogen-bond donors (Lipinski definition) is 0. The van der Waals surface area contributed by atoms with Gasteiger partial charge in [0, 0.05) is 17.0 Å². The monoisotopic (exact) mass is 348 g/mol. The molecule has 1 aliphatic carbocycles. The van der Waals surface area contributed by atoms with Crippen LogP contribution < -0.4 is 0 Å².